The highest BCUT2D eigenvalue weighted by Gasteiger charge is 2.18. The van der Waals surface area contributed by atoms with Crippen LogP contribution in [0, 0.1) is 6.92 Å². The van der Waals surface area contributed by atoms with Gasteiger partial charge in [-0.25, -0.2) is 19.4 Å². The van der Waals surface area contributed by atoms with Gasteiger partial charge in [-0.15, -0.1) is 0 Å². The standard InChI is InChI=1S/C21H22N4O5/c1-14-18(19(26)29-3)11-17(30-14)13-24(2)21(28)23-16-7-4-6-15(10-16)12-25-9-5-8-22-20(25)27/h4-11H,12-13H2,1-3H3,(H,23,28). The van der Waals surface area contributed by atoms with E-state index in [2.05, 4.69) is 10.3 Å². The van der Waals surface area contributed by atoms with Crippen molar-refractivity contribution in [2.75, 3.05) is 19.5 Å². The van der Waals surface area contributed by atoms with E-state index in [1.54, 1.807) is 50.5 Å². The number of esters is 1. The molecule has 0 aliphatic carbocycles. The number of methoxy groups -OCH3 is 1. The zero-order valence-corrected chi connectivity index (χ0v) is 16.9. The molecule has 3 rings (SSSR count). The molecule has 0 bridgehead atoms. The van der Waals surface area contributed by atoms with Crippen LogP contribution in [0.15, 0.2) is 58.0 Å². The fourth-order valence-electron chi connectivity index (χ4n) is 2.91. The summed E-state index contributed by atoms with van der Waals surface area (Å²) in [6.07, 6.45) is 3.10. The summed E-state index contributed by atoms with van der Waals surface area (Å²) in [4.78, 5) is 41.2. The summed E-state index contributed by atoms with van der Waals surface area (Å²) in [5.41, 5.74) is 1.42. The summed E-state index contributed by atoms with van der Waals surface area (Å²) in [5, 5.41) is 2.81. The molecule has 0 atom stereocenters. The Morgan fingerprint density at radius 3 is 2.80 bits per heavy atom. The van der Waals surface area contributed by atoms with E-state index in [1.165, 1.54) is 22.8 Å². The highest BCUT2D eigenvalue weighted by atomic mass is 16.5. The fraction of sp³-hybridized carbons (Fsp3) is 0.238. The van der Waals surface area contributed by atoms with Crippen molar-refractivity contribution in [1.29, 1.82) is 0 Å². The summed E-state index contributed by atoms with van der Waals surface area (Å²) in [6, 6.07) is 10.1. The number of nitrogens with one attached hydrogen (secondary N) is 1. The molecule has 1 aromatic carbocycles. The van der Waals surface area contributed by atoms with E-state index in [4.69, 9.17) is 9.15 Å². The van der Waals surface area contributed by atoms with Crippen LogP contribution in [0.5, 0.6) is 0 Å². The van der Waals surface area contributed by atoms with Gasteiger partial charge in [0.1, 0.15) is 17.1 Å². The second-order valence-electron chi connectivity index (χ2n) is 6.69. The summed E-state index contributed by atoms with van der Waals surface area (Å²) in [7, 11) is 2.91. The number of ether oxygens (including phenoxy) is 1. The first kappa shape index (κ1) is 20.8. The number of anilines is 1. The lowest BCUT2D eigenvalue weighted by atomic mass is 10.2. The maximum atomic E-state index is 12.5. The summed E-state index contributed by atoms with van der Waals surface area (Å²) in [6.45, 7) is 2.18. The van der Waals surface area contributed by atoms with E-state index in [9.17, 15) is 14.4 Å². The molecule has 30 heavy (non-hydrogen) atoms. The Kier molecular flexibility index (Phi) is 6.31. The zero-order chi connectivity index (χ0) is 21.7. The van der Waals surface area contributed by atoms with Crippen molar-refractivity contribution in [3.8, 4) is 0 Å². The molecule has 0 unspecified atom stereocenters. The number of carbonyl (C=O) groups excluding carboxylic acids is 2. The summed E-state index contributed by atoms with van der Waals surface area (Å²) in [5.74, 6) is 0.415. The topological polar surface area (TPSA) is 107 Å². The molecule has 3 aromatic rings. The van der Waals surface area contributed by atoms with Gasteiger partial charge < -0.3 is 19.4 Å². The molecule has 9 heteroatoms. The second-order valence-corrected chi connectivity index (χ2v) is 6.69. The van der Waals surface area contributed by atoms with E-state index in [1.807, 2.05) is 6.07 Å². The molecule has 0 spiro atoms. The number of aromatic nitrogens is 2. The third-order valence-corrected chi connectivity index (χ3v) is 4.43. The van der Waals surface area contributed by atoms with Gasteiger partial charge in [-0.3, -0.25) is 4.57 Å². The third-order valence-electron chi connectivity index (χ3n) is 4.43. The number of hydrogen-bond donors (Lipinski definition) is 1. The molecule has 0 radical (unpaired) electrons. The number of aryl methyl sites for hydroxylation is 1. The van der Waals surface area contributed by atoms with Crippen LogP contribution in [-0.2, 0) is 17.8 Å². The molecular weight excluding hydrogens is 388 g/mol. The van der Waals surface area contributed by atoms with Crippen LogP contribution in [-0.4, -0.2) is 40.6 Å². The van der Waals surface area contributed by atoms with Gasteiger partial charge in [-0.05, 0) is 36.8 Å². The Hall–Kier alpha value is -3.88. The molecule has 9 nitrogen and oxygen atoms in total. The van der Waals surface area contributed by atoms with Crippen molar-refractivity contribution in [1.82, 2.24) is 14.5 Å². The third kappa shape index (κ3) is 4.93. The van der Waals surface area contributed by atoms with E-state index in [0.717, 1.165) is 5.56 Å². The van der Waals surface area contributed by atoms with E-state index < -0.39 is 5.97 Å². The molecule has 156 valence electrons. The monoisotopic (exact) mass is 410 g/mol. The number of furan rings is 1. The van der Waals surface area contributed by atoms with Crippen molar-refractivity contribution in [2.45, 2.75) is 20.0 Å². The van der Waals surface area contributed by atoms with E-state index >= 15 is 0 Å². The Morgan fingerprint density at radius 1 is 1.27 bits per heavy atom. The smallest absolute Gasteiger partial charge is 0.347 e. The number of rotatable bonds is 6. The molecular formula is C21H22N4O5. The van der Waals surface area contributed by atoms with Gasteiger partial charge in [0.05, 0.1) is 20.2 Å². The van der Waals surface area contributed by atoms with Gasteiger partial charge in [0, 0.05) is 25.1 Å². The van der Waals surface area contributed by atoms with Gasteiger partial charge in [-0.2, -0.15) is 0 Å². The van der Waals surface area contributed by atoms with Gasteiger partial charge in [0.15, 0.2) is 0 Å². The molecule has 1 N–H and O–H groups in total. The van der Waals surface area contributed by atoms with Crippen LogP contribution < -0.4 is 11.0 Å². The number of benzene rings is 1. The Morgan fingerprint density at radius 2 is 2.07 bits per heavy atom. The Labute approximate surface area is 172 Å². The highest BCUT2D eigenvalue weighted by molar-refractivity contribution is 5.91. The van der Waals surface area contributed by atoms with E-state index in [-0.39, 0.29) is 18.3 Å². The van der Waals surface area contributed by atoms with Crippen LogP contribution >= 0.6 is 0 Å². The number of urea groups is 1. The zero-order valence-electron chi connectivity index (χ0n) is 16.9. The fourth-order valence-corrected chi connectivity index (χ4v) is 2.91. The van der Waals surface area contributed by atoms with Crippen LogP contribution in [0.4, 0.5) is 10.5 Å². The van der Waals surface area contributed by atoms with Gasteiger partial charge in [0.2, 0.25) is 0 Å². The van der Waals surface area contributed by atoms with Crippen molar-refractivity contribution >= 4 is 17.7 Å². The van der Waals surface area contributed by atoms with Crippen molar-refractivity contribution in [3.63, 3.8) is 0 Å². The predicted molar refractivity (Wildman–Crippen MR) is 109 cm³/mol. The normalized spacial score (nSPS) is 10.5. The average Bonchev–Trinajstić information content (AvgIpc) is 3.09. The van der Waals surface area contributed by atoms with Crippen LogP contribution in [0.3, 0.4) is 0 Å². The maximum absolute atomic E-state index is 12.5. The van der Waals surface area contributed by atoms with Crippen molar-refractivity contribution in [2.24, 2.45) is 0 Å². The first-order valence-electron chi connectivity index (χ1n) is 9.17. The molecule has 0 aliphatic rings. The summed E-state index contributed by atoms with van der Waals surface area (Å²) < 4.78 is 11.7. The van der Waals surface area contributed by atoms with E-state index in [0.29, 0.717) is 29.3 Å². The maximum Gasteiger partial charge on any atom is 0.347 e. The highest BCUT2D eigenvalue weighted by Crippen LogP contribution is 2.18. The lowest BCUT2D eigenvalue weighted by molar-refractivity contribution is 0.0598. The molecule has 2 heterocycles. The molecule has 2 aromatic heterocycles. The van der Waals surface area contributed by atoms with Crippen LogP contribution in [0.25, 0.3) is 0 Å². The minimum Gasteiger partial charge on any atom is -0.465 e. The first-order chi connectivity index (χ1) is 14.4. The lowest BCUT2D eigenvalue weighted by Crippen LogP contribution is -2.30. The predicted octanol–water partition coefficient (Wildman–Crippen LogP) is 2.64. The van der Waals surface area contributed by atoms with Gasteiger partial charge in [-0.1, -0.05) is 12.1 Å². The summed E-state index contributed by atoms with van der Waals surface area (Å²) >= 11 is 0. The number of hydrogen-bond acceptors (Lipinski definition) is 6. The molecule has 0 saturated carbocycles. The molecule has 0 aliphatic heterocycles. The Balaban J connectivity index is 1.65. The minimum absolute atomic E-state index is 0.175. The second kappa shape index (κ2) is 9.08. The Bertz CT molecular complexity index is 1120. The van der Waals surface area contributed by atoms with Crippen molar-refractivity contribution < 1.29 is 18.7 Å². The molecule has 0 saturated heterocycles. The number of carbonyl (C=O) groups is 2. The van der Waals surface area contributed by atoms with Gasteiger partial charge in [0.25, 0.3) is 0 Å². The van der Waals surface area contributed by atoms with Crippen molar-refractivity contribution in [3.05, 3.63) is 81.9 Å². The quantitative estimate of drug-likeness (QED) is 0.626. The molecule has 0 fully saturated rings. The van der Waals surface area contributed by atoms with Crippen LogP contribution in [0.2, 0.25) is 0 Å². The first-order valence-corrected chi connectivity index (χ1v) is 9.17. The largest absolute Gasteiger partial charge is 0.465 e. The minimum atomic E-state index is -0.487. The number of amides is 2. The molecule has 2 amide bonds. The SMILES string of the molecule is COC(=O)c1cc(CN(C)C(=O)Nc2cccc(Cn3cccnc3=O)c2)oc1C. The van der Waals surface area contributed by atoms with Gasteiger partial charge >= 0.3 is 17.7 Å². The lowest BCUT2D eigenvalue weighted by Gasteiger charge is -2.17. The average molecular weight is 410 g/mol. The van der Waals surface area contributed by atoms with Crippen LogP contribution in [0.1, 0.15) is 27.4 Å². The number of nitrogens with zero attached hydrogens (tertiary/aromatic N) is 3.